The Morgan fingerprint density at radius 2 is 1.78 bits per heavy atom. The number of H-pyrrole nitrogens is 1. The summed E-state index contributed by atoms with van der Waals surface area (Å²) < 4.78 is 59.7. The van der Waals surface area contributed by atoms with Gasteiger partial charge in [-0.3, -0.25) is 14.4 Å². The molecule has 1 unspecified atom stereocenters. The van der Waals surface area contributed by atoms with E-state index in [1.165, 1.54) is 13.8 Å². The van der Waals surface area contributed by atoms with Crippen LogP contribution in [0.1, 0.15) is 18.2 Å². The summed E-state index contributed by atoms with van der Waals surface area (Å²) in [6.45, 7) is 2.88. The predicted molar refractivity (Wildman–Crippen MR) is 170 cm³/mol. The number of amides is 1. The SMILES string of the molecule is C=S(=O)(O)c1ccc(S(=O)(=O)O)c(-n2nc(C)c(C#N)c2N=Nc2c(-c3ccc(NC(C)=O)cc3)[nH]n3c2nc2ccccc23)c1. The molecule has 0 aliphatic carbocycles. The van der Waals surface area contributed by atoms with E-state index in [9.17, 15) is 31.8 Å². The monoisotopic (exact) mass is 657 g/mol. The van der Waals surface area contributed by atoms with Gasteiger partial charge in [0.15, 0.2) is 17.2 Å². The van der Waals surface area contributed by atoms with Crippen LogP contribution in [0.2, 0.25) is 0 Å². The molecule has 3 aromatic carbocycles. The Morgan fingerprint density at radius 3 is 2.43 bits per heavy atom. The molecule has 6 aromatic rings. The van der Waals surface area contributed by atoms with Gasteiger partial charge in [-0.2, -0.15) is 18.8 Å². The van der Waals surface area contributed by atoms with Crippen LogP contribution >= 0.6 is 0 Å². The van der Waals surface area contributed by atoms with Crippen molar-refractivity contribution in [3.05, 3.63) is 78.0 Å². The van der Waals surface area contributed by atoms with Gasteiger partial charge in [0.2, 0.25) is 5.91 Å². The number of imidazole rings is 1. The molecule has 0 saturated heterocycles. The predicted octanol–water partition coefficient (Wildman–Crippen LogP) is 5.02. The standard InChI is InChI=1S/C29H23N9O6S2/c1-16-21(15-30)28(38(35-16)24-14-20(45(3,40)41)12-13-25(24)46(42,43)44)34-33-27-26(18-8-10-19(11-9-18)31-17(2)39)36-37-23-7-5-4-6-22(23)32-29(27)37/h4-14,36H,3H2,1-2H3,(H,31,39)(H,40,41)(H,42,43,44). The number of fused-ring (bicyclic) bond motifs is 3. The van der Waals surface area contributed by atoms with E-state index >= 15 is 0 Å². The Kier molecular flexibility index (Phi) is 7.29. The second-order valence-electron chi connectivity index (χ2n) is 10.1. The molecule has 0 aliphatic rings. The van der Waals surface area contributed by atoms with Crippen LogP contribution in [0.25, 0.3) is 33.6 Å². The van der Waals surface area contributed by atoms with Crippen LogP contribution in [-0.4, -0.2) is 57.9 Å². The summed E-state index contributed by atoms with van der Waals surface area (Å²) in [5.74, 6) is 2.76. The number of azo groups is 1. The van der Waals surface area contributed by atoms with Crippen molar-refractivity contribution in [2.75, 3.05) is 5.32 Å². The van der Waals surface area contributed by atoms with Crippen molar-refractivity contribution in [3.8, 4) is 23.0 Å². The number of nitrogens with zero attached hydrogens (tertiary/aromatic N) is 7. The number of aromatic amines is 1. The number of nitriles is 1. The highest BCUT2D eigenvalue weighted by Crippen LogP contribution is 2.38. The van der Waals surface area contributed by atoms with Gasteiger partial charge in [0.1, 0.15) is 26.3 Å². The average molecular weight is 658 g/mol. The van der Waals surface area contributed by atoms with Crippen molar-refractivity contribution in [2.45, 2.75) is 23.6 Å². The quantitative estimate of drug-likeness (QED) is 0.103. The molecule has 0 fully saturated rings. The molecule has 4 N–H and O–H groups in total. The van der Waals surface area contributed by atoms with Gasteiger partial charge in [-0.1, -0.05) is 24.3 Å². The molecule has 1 atom stereocenters. The van der Waals surface area contributed by atoms with E-state index in [-0.39, 0.29) is 39.3 Å². The van der Waals surface area contributed by atoms with E-state index in [2.05, 4.69) is 31.6 Å². The van der Waals surface area contributed by atoms with E-state index in [1.807, 2.05) is 30.3 Å². The molecule has 15 nitrogen and oxygen atoms in total. The van der Waals surface area contributed by atoms with Gasteiger partial charge in [0, 0.05) is 18.2 Å². The normalized spacial score (nSPS) is 13.3. The van der Waals surface area contributed by atoms with E-state index < -0.39 is 24.8 Å². The lowest BCUT2D eigenvalue weighted by Gasteiger charge is -2.11. The van der Waals surface area contributed by atoms with Crippen LogP contribution in [0.3, 0.4) is 0 Å². The smallest absolute Gasteiger partial charge is 0.296 e. The third-order valence-electron chi connectivity index (χ3n) is 6.92. The lowest BCUT2D eigenvalue weighted by molar-refractivity contribution is -0.114. The lowest BCUT2D eigenvalue weighted by Crippen LogP contribution is -2.09. The third-order valence-corrected chi connectivity index (χ3v) is 8.82. The van der Waals surface area contributed by atoms with Gasteiger partial charge < -0.3 is 9.87 Å². The summed E-state index contributed by atoms with van der Waals surface area (Å²) in [7, 11) is -8.71. The van der Waals surface area contributed by atoms with Gasteiger partial charge in [-0.15, -0.1) is 10.2 Å². The van der Waals surface area contributed by atoms with Gasteiger partial charge >= 0.3 is 0 Å². The highest BCUT2D eigenvalue weighted by atomic mass is 32.2. The van der Waals surface area contributed by atoms with Gasteiger partial charge in [-0.05, 0) is 55.3 Å². The number of benzene rings is 3. The second-order valence-corrected chi connectivity index (χ2v) is 13.2. The first kappa shape index (κ1) is 30.4. The van der Waals surface area contributed by atoms with Crippen molar-refractivity contribution in [1.82, 2.24) is 24.4 Å². The first-order chi connectivity index (χ1) is 21.8. The zero-order valence-corrected chi connectivity index (χ0v) is 25.7. The van der Waals surface area contributed by atoms with Crippen molar-refractivity contribution >= 4 is 65.6 Å². The molecule has 0 saturated carbocycles. The Morgan fingerprint density at radius 1 is 1.07 bits per heavy atom. The van der Waals surface area contributed by atoms with Crippen LogP contribution < -0.4 is 5.32 Å². The molecule has 46 heavy (non-hydrogen) atoms. The minimum absolute atomic E-state index is 0.0731. The summed E-state index contributed by atoms with van der Waals surface area (Å²) in [4.78, 5) is 15.3. The average Bonchev–Trinajstić information content (AvgIpc) is 3.64. The number of anilines is 1. The largest absolute Gasteiger partial charge is 0.326 e. The molecule has 0 bridgehead atoms. The van der Waals surface area contributed by atoms with Gasteiger partial charge in [0.25, 0.3) is 10.1 Å². The number of carbonyl (C=O) groups is 1. The fourth-order valence-corrected chi connectivity index (χ4v) is 6.10. The topological polar surface area (TPSA) is 220 Å². The van der Waals surface area contributed by atoms with Gasteiger partial charge in [-0.25, -0.2) is 18.4 Å². The molecular weight excluding hydrogens is 635 g/mol. The Balaban J connectivity index is 1.59. The maximum atomic E-state index is 12.3. The highest BCUT2D eigenvalue weighted by Gasteiger charge is 2.25. The molecular formula is C29H23N9O6S2. The number of nitrogens with one attached hydrogen (secondary N) is 2. The summed E-state index contributed by atoms with van der Waals surface area (Å²) >= 11 is 0. The van der Waals surface area contributed by atoms with Crippen LogP contribution in [0.15, 0.2) is 86.7 Å². The fourth-order valence-electron chi connectivity index (χ4n) is 4.88. The number of aryl methyl sites for hydroxylation is 1. The molecule has 17 heteroatoms. The Labute approximate surface area is 261 Å². The van der Waals surface area contributed by atoms with E-state index in [0.29, 0.717) is 28.1 Å². The molecule has 0 aliphatic heterocycles. The second kappa shape index (κ2) is 11.0. The number of para-hydroxylation sites is 2. The molecule has 1 amide bonds. The van der Waals surface area contributed by atoms with E-state index in [1.54, 1.807) is 28.8 Å². The first-order valence-electron chi connectivity index (χ1n) is 13.3. The van der Waals surface area contributed by atoms with Gasteiger partial charge in [0.05, 0.1) is 33.0 Å². The maximum Gasteiger partial charge on any atom is 0.296 e. The molecule has 6 rings (SSSR count). The molecule has 3 aromatic heterocycles. The van der Waals surface area contributed by atoms with Crippen molar-refractivity contribution in [2.24, 2.45) is 10.2 Å². The van der Waals surface area contributed by atoms with Crippen molar-refractivity contribution in [1.29, 1.82) is 5.26 Å². The molecule has 0 radical (unpaired) electrons. The number of rotatable bonds is 7. The Hall–Kier alpha value is -5.67. The van der Waals surface area contributed by atoms with Crippen LogP contribution in [0.4, 0.5) is 17.2 Å². The summed E-state index contributed by atoms with van der Waals surface area (Å²) in [5.41, 5.74) is 3.44. The number of hydrogen-bond donors (Lipinski definition) is 4. The van der Waals surface area contributed by atoms with E-state index in [0.717, 1.165) is 28.4 Å². The summed E-state index contributed by atoms with van der Waals surface area (Å²) in [6.07, 6.45) is 0. The first-order valence-corrected chi connectivity index (χ1v) is 16.4. The third kappa shape index (κ3) is 5.41. The fraction of sp³-hybridized carbons (Fsp3) is 0.0690. The zero-order chi connectivity index (χ0) is 33.0. The highest BCUT2D eigenvalue weighted by molar-refractivity contribution is 7.95. The van der Waals surface area contributed by atoms with Crippen LogP contribution in [-0.2, 0) is 24.7 Å². The lowest BCUT2D eigenvalue weighted by atomic mass is 10.1. The van der Waals surface area contributed by atoms with E-state index in [4.69, 9.17) is 4.98 Å². The summed E-state index contributed by atoms with van der Waals surface area (Å²) in [6, 6.07) is 19.2. The number of aromatic nitrogens is 5. The zero-order valence-electron chi connectivity index (χ0n) is 24.0. The minimum atomic E-state index is -4.88. The van der Waals surface area contributed by atoms with Crippen LogP contribution in [0.5, 0.6) is 0 Å². The molecule has 3 heterocycles. The maximum absolute atomic E-state index is 12.3. The Bertz CT molecular complexity index is 2500. The minimum Gasteiger partial charge on any atom is -0.326 e. The molecule has 232 valence electrons. The van der Waals surface area contributed by atoms with Crippen LogP contribution in [0, 0.1) is 18.3 Å². The molecule has 0 spiro atoms. The summed E-state index contributed by atoms with van der Waals surface area (Å²) in [5, 5.41) is 29.1. The number of carbonyl (C=O) groups excluding carboxylic acids is 1. The number of hydrogen-bond acceptors (Lipinski definition) is 9. The van der Waals surface area contributed by atoms with Crippen molar-refractivity contribution in [3.63, 3.8) is 0 Å². The van der Waals surface area contributed by atoms with Crippen molar-refractivity contribution < 1.29 is 26.5 Å².